The smallest absolute Gasteiger partial charge is 0.259 e. The van der Waals surface area contributed by atoms with Crippen molar-refractivity contribution in [3.8, 4) is 0 Å². The van der Waals surface area contributed by atoms with E-state index in [4.69, 9.17) is 0 Å². The summed E-state index contributed by atoms with van der Waals surface area (Å²) in [6.07, 6.45) is 2.49. The van der Waals surface area contributed by atoms with E-state index in [0.29, 0.717) is 10.7 Å². The van der Waals surface area contributed by atoms with Gasteiger partial charge in [-0.15, -0.1) is 10.2 Å². The maximum Gasteiger partial charge on any atom is 0.259 e. The minimum absolute atomic E-state index is 0.242. The van der Waals surface area contributed by atoms with Crippen molar-refractivity contribution in [2.24, 2.45) is 0 Å². The zero-order valence-corrected chi connectivity index (χ0v) is 15.9. The molecule has 2 aromatic heterocycles. The molecule has 0 aliphatic carbocycles. The highest BCUT2D eigenvalue weighted by Crippen LogP contribution is 2.15. The van der Waals surface area contributed by atoms with Crippen molar-refractivity contribution in [2.75, 3.05) is 23.8 Å². The van der Waals surface area contributed by atoms with Gasteiger partial charge in [-0.2, -0.15) is 0 Å². The predicted molar refractivity (Wildman–Crippen MR) is 103 cm³/mol. The van der Waals surface area contributed by atoms with Crippen molar-refractivity contribution >= 4 is 44.1 Å². The Hall–Kier alpha value is -2.32. The molecule has 6 nitrogen and oxygen atoms in total. The first-order chi connectivity index (χ1) is 12.1. The summed E-state index contributed by atoms with van der Waals surface area (Å²) >= 11 is 4.71. The van der Waals surface area contributed by atoms with Crippen molar-refractivity contribution < 1.29 is 4.79 Å². The van der Waals surface area contributed by atoms with Crippen LogP contribution in [0.15, 0.2) is 52.6 Å². The molecule has 0 radical (unpaired) electrons. The molecule has 1 N–H and O–H groups in total. The van der Waals surface area contributed by atoms with Crippen LogP contribution in [0.1, 0.15) is 15.9 Å². The number of pyridine rings is 1. The highest BCUT2D eigenvalue weighted by atomic mass is 79.9. The van der Waals surface area contributed by atoms with E-state index >= 15 is 0 Å². The Morgan fingerprint density at radius 2 is 2.04 bits per heavy atom. The SMILES string of the molecule is CN(CCc1ccc(Br)cc1)c1ccc(C(=O)Nc2nncs2)cn1. The number of amides is 1. The fourth-order valence-corrected chi connectivity index (χ4v) is 2.91. The third-order valence-electron chi connectivity index (χ3n) is 3.63. The molecule has 1 aromatic carbocycles. The molecule has 0 atom stereocenters. The Labute approximate surface area is 158 Å². The van der Waals surface area contributed by atoms with Gasteiger partial charge in [0, 0.05) is 24.3 Å². The zero-order valence-electron chi connectivity index (χ0n) is 13.5. The van der Waals surface area contributed by atoms with Gasteiger partial charge in [0.2, 0.25) is 5.13 Å². The molecule has 0 aliphatic rings. The second-order valence-electron chi connectivity index (χ2n) is 5.40. The molecule has 0 unspecified atom stereocenters. The molecule has 25 heavy (non-hydrogen) atoms. The van der Waals surface area contributed by atoms with Crippen molar-refractivity contribution in [3.05, 3.63) is 63.7 Å². The Kier molecular flexibility index (Phi) is 5.72. The van der Waals surface area contributed by atoms with Crippen molar-refractivity contribution in [1.29, 1.82) is 0 Å². The largest absolute Gasteiger partial charge is 0.359 e. The van der Waals surface area contributed by atoms with Gasteiger partial charge < -0.3 is 4.90 Å². The minimum Gasteiger partial charge on any atom is -0.359 e. The second kappa shape index (κ2) is 8.17. The fourth-order valence-electron chi connectivity index (χ4n) is 2.21. The van der Waals surface area contributed by atoms with Gasteiger partial charge in [-0.3, -0.25) is 10.1 Å². The summed E-state index contributed by atoms with van der Waals surface area (Å²) in [4.78, 5) is 18.5. The van der Waals surface area contributed by atoms with Crippen molar-refractivity contribution in [1.82, 2.24) is 15.2 Å². The molecule has 0 aliphatic heterocycles. The fraction of sp³-hybridized carbons (Fsp3) is 0.176. The summed E-state index contributed by atoms with van der Waals surface area (Å²) in [6.45, 7) is 0.838. The van der Waals surface area contributed by atoms with E-state index in [9.17, 15) is 4.79 Å². The molecular formula is C17H16BrN5OS. The number of aromatic nitrogens is 3. The molecule has 0 bridgehead atoms. The summed E-state index contributed by atoms with van der Waals surface area (Å²) in [5.41, 5.74) is 3.32. The third-order valence-corrected chi connectivity index (χ3v) is 4.77. The van der Waals surface area contributed by atoms with E-state index in [2.05, 4.69) is 53.5 Å². The average Bonchev–Trinajstić information content (AvgIpc) is 3.14. The Bertz CT molecular complexity index is 821. The third kappa shape index (κ3) is 4.83. The van der Waals surface area contributed by atoms with Crippen LogP contribution in [-0.2, 0) is 6.42 Å². The topological polar surface area (TPSA) is 71.0 Å². The molecule has 0 saturated heterocycles. The Balaban J connectivity index is 1.57. The van der Waals surface area contributed by atoms with Gasteiger partial charge in [0.25, 0.3) is 5.91 Å². The van der Waals surface area contributed by atoms with E-state index in [1.165, 1.54) is 16.9 Å². The number of benzene rings is 1. The van der Waals surface area contributed by atoms with Crippen LogP contribution < -0.4 is 10.2 Å². The lowest BCUT2D eigenvalue weighted by molar-refractivity contribution is 0.102. The number of nitrogens with one attached hydrogen (secondary N) is 1. The molecule has 1 amide bonds. The molecule has 0 fully saturated rings. The minimum atomic E-state index is -0.242. The lowest BCUT2D eigenvalue weighted by atomic mass is 10.1. The van der Waals surface area contributed by atoms with Crippen molar-refractivity contribution in [3.63, 3.8) is 0 Å². The molecule has 0 saturated carbocycles. The van der Waals surface area contributed by atoms with E-state index < -0.39 is 0 Å². The highest BCUT2D eigenvalue weighted by molar-refractivity contribution is 9.10. The van der Waals surface area contributed by atoms with Crippen LogP contribution >= 0.6 is 27.3 Å². The summed E-state index contributed by atoms with van der Waals surface area (Å²) < 4.78 is 1.08. The Morgan fingerprint density at radius 1 is 1.24 bits per heavy atom. The number of carbonyl (C=O) groups excluding carboxylic acids is 1. The van der Waals surface area contributed by atoms with Crippen LogP contribution in [0.25, 0.3) is 0 Å². The van der Waals surface area contributed by atoms with Gasteiger partial charge in [-0.1, -0.05) is 39.4 Å². The monoisotopic (exact) mass is 417 g/mol. The molecule has 8 heteroatoms. The Morgan fingerprint density at radius 3 is 2.68 bits per heavy atom. The summed E-state index contributed by atoms with van der Waals surface area (Å²) in [7, 11) is 1.99. The second-order valence-corrected chi connectivity index (χ2v) is 7.15. The first kappa shape index (κ1) is 17.5. The first-order valence-electron chi connectivity index (χ1n) is 7.61. The molecule has 2 heterocycles. The van der Waals surface area contributed by atoms with Gasteiger partial charge in [-0.25, -0.2) is 4.98 Å². The number of rotatable bonds is 6. The summed E-state index contributed by atoms with van der Waals surface area (Å²) in [5.74, 6) is 0.581. The van der Waals surface area contributed by atoms with E-state index in [1.54, 1.807) is 17.8 Å². The van der Waals surface area contributed by atoms with Crippen LogP contribution in [-0.4, -0.2) is 34.7 Å². The van der Waals surface area contributed by atoms with Crippen molar-refractivity contribution in [2.45, 2.75) is 6.42 Å². The normalized spacial score (nSPS) is 10.5. The quantitative estimate of drug-likeness (QED) is 0.662. The first-order valence-corrected chi connectivity index (χ1v) is 9.28. The van der Waals surface area contributed by atoms with Gasteiger partial charge in [0.05, 0.1) is 5.56 Å². The standard InChI is InChI=1S/C17H16BrN5OS/c1-23(9-8-12-2-5-14(18)6-3-12)15-7-4-13(10-19-15)16(24)21-17-22-20-11-25-17/h2-7,10-11H,8-9H2,1H3,(H,21,22,24). The van der Waals surface area contributed by atoms with Gasteiger partial charge >= 0.3 is 0 Å². The van der Waals surface area contributed by atoms with E-state index in [-0.39, 0.29) is 5.91 Å². The number of likely N-dealkylation sites (N-methyl/N-ethyl adjacent to an activating group) is 1. The summed E-state index contributed by atoms with van der Waals surface area (Å²) in [6, 6.07) is 11.9. The molecule has 0 spiro atoms. The predicted octanol–water partition coefficient (Wildman–Crippen LogP) is 3.63. The van der Waals surface area contributed by atoms with Gasteiger partial charge in [0.15, 0.2) is 0 Å². The molecule has 3 aromatic rings. The summed E-state index contributed by atoms with van der Waals surface area (Å²) in [5, 5.41) is 10.6. The van der Waals surface area contributed by atoms with Crippen LogP contribution in [0.2, 0.25) is 0 Å². The molecular weight excluding hydrogens is 402 g/mol. The van der Waals surface area contributed by atoms with Crippen LogP contribution in [0.4, 0.5) is 10.9 Å². The van der Waals surface area contributed by atoms with E-state index in [1.807, 2.05) is 25.2 Å². The maximum atomic E-state index is 12.1. The van der Waals surface area contributed by atoms with E-state index in [0.717, 1.165) is 23.3 Å². The number of hydrogen-bond acceptors (Lipinski definition) is 6. The number of hydrogen-bond donors (Lipinski definition) is 1. The maximum absolute atomic E-state index is 12.1. The lowest BCUT2D eigenvalue weighted by Gasteiger charge is -2.18. The average molecular weight is 418 g/mol. The molecule has 128 valence electrons. The molecule has 3 rings (SSSR count). The van der Waals surface area contributed by atoms with Crippen LogP contribution in [0.3, 0.4) is 0 Å². The highest BCUT2D eigenvalue weighted by Gasteiger charge is 2.10. The van der Waals surface area contributed by atoms with Gasteiger partial charge in [-0.05, 0) is 36.2 Å². The zero-order chi connectivity index (χ0) is 17.6. The number of carbonyl (C=O) groups is 1. The van der Waals surface area contributed by atoms with Crippen LogP contribution in [0.5, 0.6) is 0 Å². The lowest BCUT2D eigenvalue weighted by Crippen LogP contribution is -2.21. The van der Waals surface area contributed by atoms with Crippen LogP contribution in [0, 0.1) is 0 Å². The number of anilines is 2. The number of nitrogens with zero attached hydrogens (tertiary/aromatic N) is 4. The van der Waals surface area contributed by atoms with Gasteiger partial charge in [0.1, 0.15) is 11.3 Å². The number of halogens is 1.